The molecule has 0 aliphatic rings. The second kappa shape index (κ2) is 5.99. The van der Waals surface area contributed by atoms with E-state index < -0.39 is 5.97 Å². The quantitative estimate of drug-likeness (QED) is 0.886. The van der Waals surface area contributed by atoms with Crippen LogP contribution in [0, 0.1) is 19.8 Å². The number of carboxylic acid groups (broad SMARTS) is 1. The maximum atomic E-state index is 11.5. The molecule has 0 atom stereocenters. The highest BCUT2D eigenvalue weighted by Crippen LogP contribution is 2.24. The number of anilines is 1. The van der Waals surface area contributed by atoms with E-state index in [9.17, 15) is 9.90 Å². The van der Waals surface area contributed by atoms with Gasteiger partial charge in [0.05, 0.1) is 5.69 Å². The summed E-state index contributed by atoms with van der Waals surface area (Å²) < 4.78 is 0. The van der Waals surface area contributed by atoms with E-state index in [1.54, 1.807) is 13.8 Å². The first-order valence-electron chi connectivity index (χ1n) is 6.59. The van der Waals surface area contributed by atoms with Crippen LogP contribution in [0.15, 0.2) is 0 Å². The van der Waals surface area contributed by atoms with Crippen molar-refractivity contribution in [3.8, 4) is 0 Å². The third-order valence-electron chi connectivity index (χ3n) is 3.11. The van der Waals surface area contributed by atoms with E-state index in [1.165, 1.54) is 0 Å². The lowest BCUT2D eigenvalue weighted by molar-refractivity contribution is 0.0696. The normalized spacial score (nSPS) is 11.2. The first-order chi connectivity index (χ1) is 8.75. The van der Waals surface area contributed by atoms with Gasteiger partial charge in [0.25, 0.3) is 0 Å². The smallest absolute Gasteiger partial charge is 0.339 e. The van der Waals surface area contributed by atoms with Crippen LogP contribution in [0.25, 0.3) is 0 Å². The number of aryl methyl sites for hydroxylation is 1. The Morgan fingerprint density at radius 2 is 1.79 bits per heavy atom. The first kappa shape index (κ1) is 15.4. The molecule has 0 bridgehead atoms. The van der Waals surface area contributed by atoms with Crippen molar-refractivity contribution in [3.05, 3.63) is 16.8 Å². The van der Waals surface area contributed by atoms with Crippen molar-refractivity contribution in [2.24, 2.45) is 5.92 Å². The van der Waals surface area contributed by atoms with Crippen molar-refractivity contribution < 1.29 is 9.90 Å². The fraction of sp³-hybridized carbons (Fsp3) is 0.643. The minimum atomic E-state index is -0.945. The summed E-state index contributed by atoms with van der Waals surface area (Å²) in [5.41, 5.74) is 1.61. The lowest BCUT2D eigenvalue weighted by atomic mass is 10.1. The van der Waals surface area contributed by atoms with Gasteiger partial charge in [-0.05, 0) is 39.2 Å². The summed E-state index contributed by atoms with van der Waals surface area (Å²) >= 11 is 0. The van der Waals surface area contributed by atoms with Crippen molar-refractivity contribution in [2.75, 3.05) is 11.4 Å². The van der Waals surface area contributed by atoms with Gasteiger partial charge in [-0.15, -0.1) is 5.10 Å². The van der Waals surface area contributed by atoms with Crippen LogP contribution in [-0.4, -0.2) is 33.9 Å². The van der Waals surface area contributed by atoms with Crippen LogP contribution >= 0.6 is 0 Å². The Morgan fingerprint density at radius 3 is 2.21 bits per heavy atom. The molecule has 1 aromatic rings. The number of rotatable bonds is 5. The van der Waals surface area contributed by atoms with E-state index in [-0.39, 0.29) is 11.6 Å². The van der Waals surface area contributed by atoms with Gasteiger partial charge in [0.1, 0.15) is 5.56 Å². The van der Waals surface area contributed by atoms with E-state index in [1.807, 2.05) is 18.7 Å². The second-order valence-corrected chi connectivity index (χ2v) is 5.55. The number of aromatic carboxylic acids is 1. The molecular formula is C14H23N3O2. The van der Waals surface area contributed by atoms with Crippen LogP contribution in [0.3, 0.4) is 0 Å². The van der Waals surface area contributed by atoms with Crippen LogP contribution < -0.4 is 4.90 Å². The first-order valence-corrected chi connectivity index (χ1v) is 6.59. The molecule has 0 aromatic carbocycles. The van der Waals surface area contributed by atoms with E-state index in [0.29, 0.717) is 23.0 Å². The van der Waals surface area contributed by atoms with Gasteiger partial charge in [-0.25, -0.2) is 4.79 Å². The molecule has 19 heavy (non-hydrogen) atoms. The molecule has 0 aliphatic carbocycles. The molecule has 0 radical (unpaired) electrons. The van der Waals surface area contributed by atoms with Crippen molar-refractivity contribution in [3.63, 3.8) is 0 Å². The molecule has 0 saturated heterocycles. The third kappa shape index (κ3) is 3.43. The standard InChI is InChI=1S/C14H23N3O2/c1-8(2)7-17(9(3)4)13-12(14(18)19)10(5)11(6)15-16-13/h8-9H,7H2,1-6H3,(H,18,19). The Kier molecular flexibility index (Phi) is 4.86. The Hall–Kier alpha value is -1.65. The molecular weight excluding hydrogens is 242 g/mol. The number of nitrogens with zero attached hydrogens (tertiary/aromatic N) is 3. The predicted octanol–water partition coefficient (Wildman–Crippen LogP) is 2.66. The Morgan fingerprint density at radius 1 is 1.21 bits per heavy atom. The fourth-order valence-electron chi connectivity index (χ4n) is 1.99. The van der Waals surface area contributed by atoms with E-state index >= 15 is 0 Å². The van der Waals surface area contributed by atoms with Crippen molar-refractivity contribution in [1.82, 2.24) is 10.2 Å². The van der Waals surface area contributed by atoms with Gasteiger partial charge in [0, 0.05) is 12.6 Å². The lowest BCUT2D eigenvalue weighted by Gasteiger charge is -2.30. The minimum Gasteiger partial charge on any atom is -0.478 e. The van der Waals surface area contributed by atoms with Crippen LogP contribution in [0.5, 0.6) is 0 Å². The third-order valence-corrected chi connectivity index (χ3v) is 3.11. The molecule has 5 nitrogen and oxygen atoms in total. The summed E-state index contributed by atoms with van der Waals surface area (Å²) in [7, 11) is 0. The van der Waals surface area contributed by atoms with Gasteiger partial charge in [-0.1, -0.05) is 13.8 Å². The molecule has 0 unspecified atom stereocenters. The topological polar surface area (TPSA) is 66.3 Å². The van der Waals surface area contributed by atoms with Crippen molar-refractivity contribution >= 4 is 11.8 Å². The highest BCUT2D eigenvalue weighted by Gasteiger charge is 2.24. The minimum absolute atomic E-state index is 0.178. The van der Waals surface area contributed by atoms with E-state index in [2.05, 4.69) is 24.0 Å². The number of aromatic nitrogens is 2. The molecule has 0 spiro atoms. The summed E-state index contributed by atoms with van der Waals surface area (Å²) in [6.45, 7) is 12.6. The number of hydrogen-bond donors (Lipinski definition) is 1. The highest BCUT2D eigenvalue weighted by atomic mass is 16.4. The molecule has 5 heteroatoms. The molecule has 0 fully saturated rings. The average Bonchev–Trinajstić information content (AvgIpc) is 2.28. The van der Waals surface area contributed by atoms with Crippen molar-refractivity contribution in [1.29, 1.82) is 0 Å². The van der Waals surface area contributed by atoms with Gasteiger partial charge >= 0.3 is 5.97 Å². The zero-order chi connectivity index (χ0) is 14.7. The number of carboxylic acids is 1. The predicted molar refractivity (Wildman–Crippen MR) is 75.8 cm³/mol. The molecule has 0 saturated carbocycles. The molecule has 1 N–H and O–H groups in total. The van der Waals surface area contributed by atoms with Gasteiger partial charge < -0.3 is 10.0 Å². The second-order valence-electron chi connectivity index (χ2n) is 5.55. The number of carbonyl (C=O) groups is 1. The van der Waals surface area contributed by atoms with Gasteiger partial charge in [-0.2, -0.15) is 5.10 Å². The van der Waals surface area contributed by atoms with Crippen molar-refractivity contribution in [2.45, 2.75) is 47.6 Å². The molecule has 0 amide bonds. The Balaban J connectivity index is 3.38. The number of hydrogen-bond acceptors (Lipinski definition) is 4. The molecule has 1 rings (SSSR count). The SMILES string of the molecule is Cc1nnc(N(CC(C)C)C(C)C)c(C(=O)O)c1C. The molecule has 1 heterocycles. The summed E-state index contributed by atoms with van der Waals surface area (Å²) in [6.07, 6.45) is 0. The largest absolute Gasteiger partial charge is 0.478 e. The fourth-order valence-corrected chi connectivity index (χ4v) is 1.99. The van der Waals surface area contributed by atoms with Gasteiger partial charge in [0.15, 0.2) is 5.82 Å². The summed E-state index contributed by atoms with van der Waals surface area (Å²) in [5.74, 6) is -0.0494. The Bertz CT molecular complexity index is 470. The van der Waals surface area contributed by atoms with Crippen LogP contribution in [-0.2, 0) is 0 Å². The Labute approximate surface area is 114 Å². The van der Waals surface area contributed by atoms with Crippen LogP contribution in [0.2, 0.25) is 0 Å². The maximum Gasteiger partial charge on any atom is 0.339 e. The summed E-state index contributed by atoms with van der Waals surface area (Å²) in [4.78, 5) is 13.5. The zero-order valence-electron chi connectivity index (χ0n) is 12.6. The average molecular weight is 265 g/mol. The van der Waals surface area contributed by atoms with Crippen LogP contribution in [0.4, 0.5) is 5.82 Å². The summed E-state index contributed by atoms with van der Waals surface area (Å²) in [6, 6.07) is 0.178. The van der Waals surface area contributed by atoms with Gasteiger partial charge in [0.2, 0.25) is 0 Å². The summed E-state index contributed by atoms with van der Waals surface area (Å²) in [5, 5.41) is 17.6. The monoisotopic (exact) mass is 265 g/mol. The van der Waals surface area contributed by atoms with Crippen LogP contribution in [0.1, 0.15) is 49.3 Å². The maximum absolute atomic E-state index is 11.5. The molecule has 0 aliphatic heterocycles. The van der Waals surface area contributed by atoms with Gasteiger partial charge in [-0.3, -0.25) is 0 Å². The van der Waals surface area contributed by atoms with E-state index in [4.69, 9.17) is 0 Å². The lowest BCUT2D eigenvalue weighted by Crippen LogP contribution is -2.36. The van der Waals surface area contributed by atoms with E-state index in [0.717, 1.165) is 6.54 Å². The molecule has 1 aromatic heterocycles. The highest BCUT2D eigenvalue weighted by molar-refractivity contribution is 5.95. The zero-order valence-corrected chi connectivity index (χ0v) is 12.6. The molecule has 106 valence electrons.